The Morgan fingerprint density at radius 1 is 0.667 bits per heavy atom. The smallest absolute Gasteiger partial charge is 0.337 e. The second kappa shape index (κ2) is 12.7. The lowest BCUT2D eigenvalue weighted by Gasteiger charge is -2.33. The highest BCUT2D eigenvalue weighted by atomic mass is 16.5. The molecule has 0 spiro atoms. The van der Waals surface area contributed by atoms with E-state index in [2.05, 4.69) is 10.6 Å². The molecule has 12 nitrogen and oxygen atoms in total. The lowest BCUT2D eigenvalue weighted by Crippen LogP contribution is -2.46. The first-order valence-electron chi connectivity index (χ1n) is 13.2. The largest absolute Gasteiger partial charge is 0.490 e. The first-order chi connectivity index (χ1) is 20.1. The van der Waals surface area contributed by atoms with E-state index < -0.39 is 24.0 Å². The summed E-state index contributed by atoms with van der Waals surface area (Å²) in [7, 11) is 5.78. The molecular weight excluding hydrogens is 544 g/mol. The number of nitrogens with one attached hydrogen (secondary N) is 2. The number of allylic oxidation sites excluding steroid dienone is 2. The van der Waals surface area contributed by atoms with Crippen LogP contribution in [-0.2, 0) is 19.1 Å². The molecule has 0 saturated heterocycles. The molecule has 2 aromatic carbocycles. The van der Waals surface area contributed by atoms with Crippen LogP contribution in [0.3, 0.4) is 0 Å². The molecule has 2 unspecified atom stereocenters. The van der Waals surface area contributed by atoms with Crippen LogP contribution in [0.5, 0.6) is 11.5 Å². The quantitative estimate of drug-likeness (QED) is 0.341. The Labute approximate surface area is 243 Å². The predicted molar refractivity (Wildman–Crippen MR) is 151 cm³/mol. The van der Waals surface area contributed by atoms with E-state index in [4.69, 9.17) is 18.9 Å². The molecule has 0 aromatic heterocycles. The highest BCUT2D eigenvalue weighted by Crippen LogP contribution is 2.33. The standard InChI is InChI=1S/C30H34N4O8/c1-17-23(27(35)39-5)25(31-29(37)33(17)3)19-7-11-21(12-8-19)41-15-16-42-22-13-9-20(10-14-22)26-24(28(36)40-6)18(2)34(4)30(38)32-26/h7-14,25-26H,15-16H2,1-6H3,(H,31,37)(H,32,38). The predicted octanol–water partition coefficient (Wildman–Crippen LogP) is 3.43. The number of carbonyl (C=O) groups excluding carboxylic acids is 4. The zero-order valence-electron chi connectivity index (χ0n) is 24.3. The minimum atomic E-state index is -0.646. The molecular formula is C30H34N4O8. The highest BCUT2D eigenvalue weighted by molar-refractivity contribution is 5.95. The van der Waals surface area contributed by atoms with Crippen molar-refractivity contribution < 1.29 is 38.1 Å². The van der Waals surface area contributed by atoms with Crippen LogP contribution >= 0.6 is 0 Å². The Morgan fingerprint density at radius 3 is 1.31 bits per heavy atom. The van der Waals surface area contributed by atoms with Gasteiger partial charge in [-0.05, 0) is 49.2 Å². The van der Waals surface area contributed by atoms with Gasteiger partial charge in [-0.25, -0.2) is 19.2 Å². The summed E-state index contributed by atoms with van der Waals surface area (Å²) in [6, 6.07) is 12.2. The van der Waals surface area contributed by atoms with Crippen molar-refractivity contribution >= 4 is 24.0 Å². The summed E-state index contributed by atoms with van der Waals surface area (Å²) in [6.45, 7) is 3.93. The fourth-order valence-electron chi connectivity index (χ4n) is 4.75. The molecule has 42 heavy (non-hydrogen) atoms. The molecule has 0 aliphatic carbocycles. The van der Waals surface area contributed by atoms with Gasteiger partial charge < -0.3 is 39.4 Å². The lowest BCUT2D eigenvalue weighted by atomic mass is 9.95. The Balaban J connectivity index is 1.35. The van der Waals surface area contributed by atoms with Crippen LogP contribution in [0, 0.1) is 0 Å². The van der Waals surface area contributed by atoms with E-state index in [1.165, 1.54) is 24.0 Å². The summed E-state index contributed by atoms with van der Waals surface area (Å²) < 4.78 is 21.5. The monoisotopic (exact) mass is 578 g/mol. The van der Waals surface area contributed by atoms with E-state index >= 15 is 0 Å². The van der Waals surface area contributed by atoms with Crippen molar-refractivity contribution in [2.24, 2.45) is 0 Å². The number of nitrogens with zero attached hydrogens (tertiary/aromatic N) is 2. The van der Waals surface area contributed by atoms with Gasteiger partial charge in [0.25, 0.3) is 0 Å². The van der Waals surface area contributed by atoms with Gasteiger partial charge in [-0.2, -0.15) is 0 Å². The lowest BCUT2D eigenvalue weighted by molar-refractivity contribution is -0.137. The average molecular weight is 579 g/mol. The van der Waals surface area contributed by atoms with Gasteiger partial charge in [-0.3, -0.25) is 0 Å². The summed E-state index contributed by atoms with van der Waals surface area (Å²) in [6.07, 6.45) is 0. The number of hydrogen-bond donors (Lipinski definition) is 2. The van der Waals surface area contributed by atoms with Crippen molar-refractivity contribution in [1.29, 1.82) is 0 Å². The molecule has 0 saturated carbocycles. The van der Waals surface area contributed by atoms with E-state index in [1.54, 1.807) is 76.5 Å². The maximum atomic E-state index is 12.4. The highest BCUT2D eigenvalue weighted by Gasteiger charge is 2.36. The van der Waals surface area contributed by atoms with Crippen molar-refractivity contribution in [3.63, 3.8) is 0 Å². The van der Waals surface area contributed by atoms with E-state index in [-0.39, 0.29) is 25.3 Å². The van der Waals surface area contributed by atoms with E-state index in [9.17, 15) is 19.2 Å². The van der Waals surface area contributed by atoms with Gasteiger partial charge in [0.15, 0.2) is 0 Å². The summed E-state index contributed by atoms with van der Waals surface area (Å²) in [5.74, 6) is 0.156. The van der Waals surface area contributed by atoms with E-state index in [1.807, 2.05) is 0 Å². The van der Waals surface area contributed by atoms with Crippen LogP contribution in [0.25, 0.3) is 0 Å². The first-order valence-corrected chi connectivity index (χ1v) is 13.2. The van der Waals surface area contributed by atoms with Gasteiger partial charge in [0.2, 0.25) is 0 Å². The van der Waals surface area contributed by atoms with Crippen molar-refractivity contribution in [2.45, 2.75) is 25.9 Å². The Kier molecular flexibility index (Phi) is 9.04. The van der Waals surface area contributed by atoms with Crippen LogP contribution in [0.1, 0.15) is 37.1 Å². The number of methoxy groups -OCH3 is 2. The van der Waals surface area contributed by atoms with Crippen LogP contribution in [0.15, 0.2) is 71.1 Å². The molecule has 4 amide bonds. The van der Waals surface area contributed by atoms with Crippen LogP contribution in [-0.4, -0.2) is 75.3 Å². The normalized spacial score (nSPS) is 18.8. The van der Waals surface area contributed by atoms with Crippen molar-refractivity contribution in [3.8, 4) is 11.5 Å². The minimum absolute atomic E-state index is 0.262. The second-order valence-electron chi connectivity index (χ2n) is 9.70. The molecule has 2 heterocycles. The number of esters is 2. The fraction of sp³-hybridized carbons (Fsp3) is 0.333. The molecule has 0 radical (unpaired) electrons. The number of amides is 4. The Bertz CT molecular complexity index is 1320. The van der Waals surface area contributed by atoms with E-state index in [0.717, 1.165) is 0 Å². The van der Waals surface area contributed by atoms with Gasteiger partial charge in [0, 0.05) is 25.5 Å². The number of urea groups is 2. The molecule has 0 bridgehead atoms. The van der Waals surface area contributed by atoms with Crippen LogP contribution in [0.2, 0.25) is 0 Å². The summed E-state index contributed by atoms with van der Waals surface area (Å²) in [4.78, 5) is 52.3. The van der Waals surface area contributed by atoms with Crippen LogP contribution in [0.4, 0.5) is 9.59 Å². The minimum Gasteiger partial charge on any atom is -0.490 e. The van der Waals surface area contributed by atoms with Gasteiger partial charge in [0.05, 0.1) is 37.4 Å². The first kappa shape index (κ1) is 30.0. The number of ether oxygens (including phenoxy) is 4. The van der Waals surface area contributed by atoms with Gasteiger partial charge in [-0.15, -0.1) is 0 Å². The Hall–Kier alpha value is -5.00. The number of rotatable bonds is 9. The third-order valence-corrected chi connectivity index (χ3v) is 7.37. The number of benzene rings is 2. The Morgan fingerprint density at radius 2 is 1.00 bits per heavy atom. The number of carbonyl (C=O) groups is 4. The molecule has 222 valence electrons. The fourth-order valence-corrected chi connectivity index (χ4v) is 4.75. The zero-order chi connectivity index (χ0) is 30.6. The second-order valence-corrected chi connectivity index (χ2v) is 9.70. The zero-order valence-corrected chi connectivity index (χ0v) is 24.3. The molecule has 2 aliphatic heterocycles. The van der Waals surface area contributed by atoms with Gasteiger partial charge in [-0.1, -0.05) is 24.3 Å². The molecule has 2 N–H and O–H groups in total. The van der Waals surface area contributed by atoms with Gasteiger partial charge >= 0.3 is 24.0 Å². The van der Waals surface area contributed by atoms with Crippen molar-refractivity contribution in [1.82, 2.24) is 20.4 Å². The van der Waals surface area contributed by atoms with Gasteiger partial charge in [0.1, 0.15) is 24.7 Å². The topological polar surface area (TPSA) is 136 Å². The average Bonchev–Trinajstić information content (AvgIpc) is 3.00. The molecule has 2 aliphatic rings. The van der Waals surface area contributed by atoms with Crippen molar-refractivity contribution in [3.05, 3.63) is 82.2 Å². The SMILES string of the molecule is COC(=O)C1=C(C)N(C)C(=O)NC1c1ccc(OCCOc2ccc(C3NC(=O)N(C)C(C)=C3C(=O)OC)cc2)cc1. The van der Waals surface area contributed by atoms with E-state index in [0.29, 0.717) is 45.2 Å². The molecule has 2 atom stereocenters. The molecule has 12 heteroatoms. The number of hydrogen-bond acceptors (Lipinski definition) is 8. The molecule has 0 fully saturated rings. The third-order valence-electron chi connectivity index (χ3n) is 7.37. The third kappa shape index (κ3) is 6.02. The maximum absolute atomic E-state index is 12.4. The molecule has 2 aromatic rings. The van der Waals surface area contributed by atoms with Crippen molar-refractivity contribution in [2.75, 3.05) is 41.5 Å². The van der Waals surface area contributed by atoms with Crippen LogP contribution < -0.4 is 20.1 Å². The summed E-state index contributed by atoms with van der Waals surface area (Å²) in [5, 5.41) is 5.66. The summed E-state index contributed by atoms with van der Waals surface area (Å²) >= 11 is 0. The maximum Gasteiger partial charge on any atom is 0.337 e. The molecule has 4 rings (SSSR count). The summed E-state index contributed by atoms with van der Waals surface area (Å²) in [5.41, 5.74) is 3.18.